The summed E-state index contributed by atoms with van der Waals surface area (Å²) >= 11 is 0. The molecule has 2 aromatic carbocycles. The fourth-order valence-electron chi connectivity index (χ4n) is 7.26. The molecule has 1 amide bonds. The molecule has 0 radical (unpaired) electrons. The molecule has 0 spiro atoms. The zero-order valence-electron chi connectivity index (χ0n) is 25.2. The molecule has 5 aromatic rings. The van der Waals surface area contributed by atoms with Gasteiger partial charge in [-0.3, -0.25) is 4.79 Å². The van der Waals surface area contributed by atoms with E-state index in [1.165, 1.54) is 12.8 Å². The number of hydrogen-bond acceptors (Lipinski definition) is 7. The van der Waals surface area contributed by atoms with E-state index < -0.39 is 0 Å². The van der Waals surface area contributed by atoms with Crippen LogP contribution in [0.5, 0.6) is 5.75 Å². The highest BCUT2D eigenvalue weighted by Crippen LogP contribution is 2.40. The van der Waals surface area contributed by atoms with E-state index in [1.807, 2.05) is 54.4 Å². The number of pyridine rings is 1. The summed E-state index contributed by atoms with van der Waals surface area (Å²) in [5.41, 5.74) is 18.3. The lowest BCUT2D eigenvalue weighted by molar-refractivity contribution is 0.0700. The second-order valence-electron chi connectivity index (χ2n) is 12.7. The zero-order valence-corrected chi connectivity index (χ0v) is 25.2. The quantitative estimate of drug-likeness (QED) is 0.237. The van der Waals surface area contributed by atoms with Crippen molar-refractivity contribution >= 4 is 39.5 Å². The number of aryl methyl sites for hydroxylation is 1. The normalized spacial score (nSPS) is 21.1. The molecule has 0 unspecified atom stereocenters. The number of amides is 1. The summed E-state index contributed by atoms with van der Waals surface area (Å²) in [4.78, 5) is 25.9. The molecular weight excluding hydrogens is 552 g/mol. The van der Waals surface area contributed by atoms with Crippen LogP contribution < -0.4 is 21.5 Å². The van der Waals surface area contributed by atoms with Gasteiger partial charge in [-0.25, -0.2) is 9.97 Å². The first-order chi connectivity index (χ1) is 21.4. The number of likely N-dealkylation sites (tertiary alicyclic amines) is 1. The van der Waals surface area contributed by atoms with Crippen molar-refractivity contribution in [3.63, 3.8) is 0 Å². The first-order valence-corrected chi connectivity index (χ1v) is 15.6. The molecule has 8 rings (SSSR count). The highest BCUT2D eigenvalue weighted by molar-refractivity contribution is 6.00. The summed E-state index contributed by atoms with van der Waals surface area (Å²) in [7, 11) is 3.66. The Kier molecular flexibility index (Phi) is 6.39. The van der Waals surface area contributed by atoms with Crippen LogP contribution in [-0.4, -0.2) is 55.6 Å². The molecular formula is C34H38N8O2. The largest absolute Gasteiger partial charge is 0.494 e. The number of nitrogens with zero attached hydrogens (tertiary/aromatic N) is 5. The number of anilines is 2. The number of nitrogens with two attached hydrogens (primary N) is 2. The Hall–Kier alpha value is -4.41. The number of imidazole rings is 1. The lowest BCUT2D eigenvalue weighted by Gasteiger charge is -2.27. The van der Waals surface area contributed by atoms with Crippen molar-refractivity contribution in [2.24, 2.45) is 30.4 Å². The van der Waals surface area contributed by atoms with Gasteiger partial charge in [-0.2, -0.15) is 0 Å². The predicted molar refractivity (Wildman–Crippen MR) is 172 cm³/mol. The molecule has 226 valence electrons. The number of rotatable bonds is 8. The number of piperidine rings is 1. The monoisotopic (exact) mass is 590 g/mol. The molecule has 4 heterocycles. The minimum atomic E-state index is 0.00444. The van der Waals surface area contributed by atoms with E-state index >= 15 is 0 Å². The summed E-state index contributed by atoms with van der Waals surface area (Å²) in [6, 6.07) is 18.3. The maximum atomic E-state index is 13.7. The van der Waals surface area contributed by atoms with Crippen LogP contribution in [0.3, 0.4) is 0 Å². The highest BCUT2D eigenvalue weighted by atomic mass is 16.5. The van der Waals surface area contributed by atoms with Crippen LogP contribution >= 0.6 is 0 Å². The summed E-state index contributed by atoms with van der Waals surface area (Å²) in [5, 5.41) is 4.50. The van der Waals surface area contributed by atoms with E-state index in [0.717, 1.165) is 76.6 Å². The molecule has 1 saturated heterocycles. The Morgan fingerprint density at radius 3 is 2.55 bits per heavy atom. The topological polar surface area (TPSA) is 129 Å². The molecule has 10 heteroatoms. The molecule has 44 heavy (non-hydrogen) atoms. The van der Waals surface area contributed by atoms with Gasteiger partial charge >= 0.3 is 0 Å². The molecule has 2 bridgehead atoms. The number of ether oxygens (including phenoxy) is 1. The van der Waals surface area contributed by atoms with Crippen LogP contribution in [0, 0.1) is 11.8 Å². The van der Waals surface area contributed by atoms with Crippen molar-refractivity contribution in [3.8, 4) is 17.3 Å². The van der Waals surface area contributed by atoms with Gasteiger partial charge in [0.05, 0.1) is 18.3 Å². The van der Waals surface area contributed by atoms with Gasteiger partial charge in [-0.15, -0.1) is 0 Å². The molecule has 2 saturated carbocycles. The molecule has 1 aliphatic heterocycles. The molecule has 5 N–H and O–H groups in total. The number of nitrogens with one attached hydrogen (secondary N) is 1. The van der Waals surface area contributed by atoms with Crippen LogP contribution in [0.2, 0.25) is 0 Å². The standard InChI is InChI=1S/C34H38N8O2/c1-40-31-25(13-23(15-28(31)44-2)34(43)42-18-22-7-11-26(42)30(22)36)38-33(40)27-14-21-8-12-29(37-24-9-5-19(16-35)6-10-24)39-32(21)41(27)17-20-3-4-20/h5-6,8-10,12-15,20,22,26,30H,3-4,7,11,16-18,35-36H2,1-2H3,(H,37,39)/t22-,26-,30-/m1/s1. The first-order valence-electron chi connectivity index (χ1n) is 15.6. The number of benzene rings is 2. The lowest BCUT2D eigenvalue weighted by atomic mass is 10.1. The minimum Gasteiger partial charge on any atom is -0.494 e. The Labute approximate surface area is 256 Å². The van der Waals surface area contributed by atoms with E-state index in [9.17, 15) is 4.79 Å². The van der Waals surface area contributed by atoms with E-state index in [4.69, 9.17) is 26.2 Å². The highest BCUT2D eigenvalue weighted by Gasteiger charge is 2.47. The predicted octanol–water partition coefficient (Wildman–Crippen LogP) is 4.77. The van der Waals surface area contributed by atoms with Crippen LogP contribution in [-0.2, 0) is 20.1 Å². The van der Waals surface area contributed by atoms with Crippen molar-refractivity contribution < 1.29 is 9.53 Å². The molecule has 3 atom stereocenters. The van der Waals surface area contributed by atoms with Crippen LogP contribution in [0.4, 0.5) is 11.5 Å². The van der Waals surface area contributed by atoms with Crippen molar-refractivity contribution in [3.05, 3.63) is 65.7 Å². The van der Waals surface area contributed by atoms with E-state index in [0.29, 0.717) is 29.7 Å². The number of methoxy groups -OCH3 is 1. The Bertz CT molecular complexity index is 1900. The van der Waals surface area contributed by atoms with Crippen LogP contribution in [0.25, 0.3) is 33.6 Å². The van der Waals surface area contributed by atoms with Gasteiger partial charge in [0.1, 0.15) is 22.7 Å². The van der Waals surface area contributed by atoms with Crippen molar-refractivity contribution in [2.45, 2.75) is 50.9 Å². The van der Waals surface area contributed by atoms with E-state index in [1.54, 1.807) is 7.11 Å². The van der Waals surface area contributed by atoms with Crippen molar-refractivity contribution in [1.82, 2.24) is 24.0 Å². The van der Waals surface area contributed by atoms with Gasteiger partial charge in [0, 0.05) is 55.4 Å². The third-order valence-corrected chi connectivity index (χ3v) is 9.89. The summed E-state index contributed by atoms with van der Waals surface area (Å²) in [6.45, 7) is 2.12. The minimum absolute atomic E-state index is 0.00444. The smallest absolute Gasteiger partial charge is 0.254 e. The fourth-order valence-corrected chi connectivity index (χ4v) is 7.26. The maximum absolute atomic E-state index is 13.7. The molecule has 3 aromatic heterocycles. The molecule has 3 fully saturated rings. The SMILES string of the molecule is COc1cc(C(=O)N2C[C@H]3CC[C@@H]2[C@@H]3N)cc2nc(-c3cc4ccc(Nc5ccc(CN)cc5)nc4n3CC3CC3)n(C)c12. The Morgan fingerprint density at radius 1 is 1.05 bits per heavy atom. The average Bonchev–Trinajstić information content (AvgIpc) is 3.45. The number of aromatic nitrogens is 4. The van der Waals surface area contributed by atoms with E-state index in [-0.39, 0.29) is 18.0 Å². The summed E-state index contributed by atoms with van der Waals surface area (Å²) in [5.74, 6) is 3.26. The van der Waals surface area contributed by atoms with Gasteiger partial charge in [-0.05, 0) is 85.5 Å². The third kappa shape index (κ3) is 4.43. The van der Waals surface area contributed by atoms with Gasteiger partial charge in [0.25, 0.3) is 5.91 Å². The Morgan fingerprint density at radius 2 is 1.86 bits per heavy atom. The van der Waals surface area contributed by atoms with E-state index in [2.05, 4.69) is 26.6 Å². The van der Waals surface area contributed by atoms with Gasteiger partial charge in [-0.1, -0.05) is 12.1 Å². The van der Waals surface area contributed by atoms with Crippen molar-refractivity contribution in [2.75, 3.05) is 19.0 Å². The number of carbonyl (C=O) groups is 1. The number of carbonyl (C=O) groups excluding carboxylic acids is 1. The average molecular weight is 591 g/mol. The summed E-state index contributed by atoms with van der Waals surface area (Å²) in [6.07, 6.45) is 4.51. The van der Waals surface area contributed by atoms with Crippen molar-refractivity contribution in [1.29, 1.82) is 0 Å². The van der Waals surface area contributed by atoms with Gasteiger partial charge < -0.3 is 35.6 Å². The Balaban J connectivity index is 1.19. The van der Waals surface area contributed by atoms with Gasteiger partial charge in [0.2, 0.25) is 0 Å². The maximum Gasteiger partial charge on any atom is 0.254 e. The van der Waals surface area contributed by atoms with Crippen LogP contribution in [0.15, 0.2) is 54.6 Å². The number of fused-ring (bicyclic) bond motifs is 4. The fraction of sp³-hybridized carbons (Fsp3) is 0.382. The molecule has 10 nitrogen and oxygen atoms in total. The number of hydrogen-bond donors (Lipinski definition) is 3. The second-order valence-corrected chi connectivity index (χ2v) is 12.7. The second kappa shape index (κ2) is 10.3. The van der Waals surface area contributed by atoms with Crippen LogP contribution in [0.1, 0.15) is 41.6 Å². The third-order valence-electron chi connectivity index (χ3n) is 9.89. The zero-order chi connectivity index (χ0) is 30.1. The molecule has 3 aliphatic rings. The van der Waals surface area contributed by atoms with Gasteiger partial charge in [0.15, 0.2) is 5.82 Å². The first kappa shape index (κ1) is 27.2. The molecule has 2 aliphatic carbocycles. The summed E-state index contributed by atoms with van der Waals surface area (Å²) < 4.78 is 10.2. The lowest BCUT2D eigenvalue weighted by Crippen LogP contribution is -2.41.